The van der Waals surface area contributed by atoms with Crippen LogP contribution in [0.5, 0.6) is 0 Å². The van der Waals surface area contributed by atoms with Crippen LogP contribution in [-0.4, -0.2) is 51.5 Å². The number of hydrogen-bond acceptors (Lipinski definition) is 7. The molecule has 1 aromatic carbocycles. The lowest BCUT2D eigenvalue weighted by atomic mass is 10.2. The van der Waals surface area contributed by atoms with Crippen molar-refractivity contribution in [2.75, 3.05) is 0 Å². The summed E-state index contributed by atoms with van der Waals surface area (Å²) in [6, 6.07) is 5.27. The van der Waals surface area contributed by atoms with E-state index in [9.17, 15) is 24.5 Å². The van der Waals surface area contributed by atoms with Gasteiger partial charge in [-0.05, 0) is 66.9 Å². The van der Waals surface area contributed by atoms with E-state index in [1.807, 2.05) is 41.5 Å². The number of carbonyl (C=O) groups is 3. The minimum Gasteiger partial charge on any atom is -0.477 e. The third kappa shape index (κ3) is 11.2. The van der Waals surface area contributed by atoms with Crippen LogP contribution in [0.2, 0.25) is 0 Å². The van der Waals surface area contributed by atoms with Gasteiger partial charge in [0, 0.05) is 18.2 Å². The van der Waals surface area contributed by atoms with Crippen LogP contribution >= 0.6 is 0 Å². The lowest BCUT2D eigenvalue weighted by Gasteiger charge is -2.22. The van der Waals surface area contributed by atoms with Crippen molar-refractivity contribution in [1.29, 1.82) is 0 Å². The molecule has 11 nitrogen and oxygen atoms in total. The number of ether oxygens (including phenoxy) is 2. The molecule has 1 fully saturated rings. The fourth-order valence-corrected chi connectivity index (χ4v) is 3.01. The fraction of sp³-hybridized carbons (Fsp3) is 0.591. The Morgan fingerprint density at radius 1 is 0.939 bits per heavy atom. The molecule has 0 heterocycles. The summed E-state index contributed by atoms with van der Waals surface area (Å²) in [6.07, 6.45) is 1.51. The number of hydrogen-bond donors (Lipinski definition) is 3. The van der Waals surface area contributed by atoms with Crippen LogP contribution < -0.4 is 10.6 Å². The summed E-state index contributed by atoms with van der Waals surface area (Å²) in [5.74, 6) is -1.29. The van der Waals surface area contributed by atoms with Crippen molar-refractivity contribution in [1.82, 2.24) is 10.6 Å². The molecule has 33 heavy (non-hydrogen) atoms. The maximum atomic E-state index is 11.7. The SMILES string of the molecule is CC(C)(C)OC(=O)NC1CCC(NC(=O)OC(C)(C)C)C1.O=C(O)c1ccccc1[N+](=O)[O-]. The lowest BCUT2D eigenvalue weighted by molar-refractivity contribution is -0.385. The summed E-state index contributed by atoms with van der Waals surface area (Å²) in [5.41, 5.74) is -1.68. The topological polar surface area (TPSA) is 157 Å². The minimum atomic E-state index is -1.29. The number of carbonyl (C=O) groups excluding carboxylic acids is 2. The molecule has 3 N–H and O–H groups in total. The summed E-state index contributed by atoms with van der Waals surface area (Å²) in [5, 5.41) is 24.4. The minimum absolute atomic E-state index is 0.0276. The zero-order valence-electron chi connectivity index (χ0n) is 19.8. The van der Waals surface area contributed by atoms with Gasteiger partial charge in [-0.2, -0.15) is 0 Å². The van der Waals surface area contributed by atoms with E-state index < -0.39 is 34.3 Å². The first-order valence-corrected chi connectivity index (χ1v) is 10.5. The van der Waals surface area contributed by atoms with E-state index >= 15 is 0 Å². The number of aromatic carboxylic acids is 1. The van der Waals surface area contributed by atoms with Gasteiger partial charge in [0.15, 0.2) is 0 Å². The summed E-state index contributed by atoms with van der Waals surface area (Å²) in [4.78, 5) is 43.3. The molecule has 0 saturated heterocycles. The highest BCUT2D eigenvalue weighted by Gasteiger charge is 2.29. The second-order valence-corrected chi connectivity index (χ2v) is 9.58. The molecule has 1 aliphatic carbocycles. The first-order chi connectivity index (χ1) is 15.1. The first-order valence-electron chi connectivity index (χ1n) is 10.5. The highest BCUT2D eigenvalue weighted by molar-refractivity contribution is 5.92. The van der Waals surface area contributed by atoms with E-state index in [2.05, 4.69) is 10.6 Å². The number of rotatable bonds is 4. The molecule has 0 spiro atoms. The van der Waals surface area contributed by atoms with Crippen molar-refractivity contribution in [3.63, 3.8) is 0 Å². The number of para-hydroxylation sites is 1. The number of alkyl carbamates (subject to hydrolysis) is 2. The van der Waals surface area contributed by atoms with Crippen LogP contribution in [0, 0.1) is 10.1 Å². The number of carboxylic acids is 1. The standard InChI is InChI=1S/C15H28N2O4.C7H5NO4/c1-14(2,3)20-12(18)16-10-7-8-11(9-10)17-13(19)21-15(4,5)6;9-7(10)5-3-1-2-4-6(5)8(11)12/h10-11H,7-9H2,1-6H3,(H,16,18)(H,17,19);1-4H,(H,9,10). The number of carboxylic acid groups (broad SMARTS) is 1. The molecule has 0 aromatic heterocycles. The second kappa shape index (κ2) is 11.5. The third-order valence-corrected chi connectivity index (χ3v) is 4.21. The summed E-state index contributed by atoms with van der Waals surface area (Å²) in [6.45, 7) is 11.0. The molecule has 1 aromatic rings. The van der Waals surface area contributed by atoms with Gasteiger partial charge in [-0.15, -0.1) is 0 Å². The molecule has 0 bridgehead atoms. The Hall–Kier alpha value is -3.37. The average Bonchev–Trinajstić information content (AvgIpc) is 3.05. The van der Waals surface area contributed by atoms with Gasteiger partial charge >= 0.3 is 18.2 Å². The molecule has 1 saturated carbocycles. The molecule has 2 amide bonds. The fourth-order valence-electron chi connectivity index (χ4n) is 3.01. The maximum Gasteiger partial charge on any atom is 0.407 e. The molecule has 0 radical (unpaired) electrons. The molecule has 2 rings (SSSR count). The van der Waals surface area contributed by atoms with E-state index in [1.165, 1.54) is 18.2 Å². The summed E-state index contributed by atoms with van der Waals surface area (Å²) in [7, 11) is 0. The smallest absolute Gasteiger partial charge is 0.407 e. The Bertz CT molecular complexity index is 789. The van der Waals surface area contributed by atoms with Crippen LogP contribution in [0.15, 0.2) is 24.3 Å². The Morgan fingerprint density at radius 3 is 1.70 bits per heavy atom. The van der Waals surface area contributed by atoms with Crippen molar-refractivity contribution >= 4 is 23.8 Å². The molecule has 2 unspecified atom stereocenters. The Morgan fingerprint density at radius 2 is 1.36 bits per heavy atom. The van der Waals surface area contributed by atoms with E-state index in [-0.39, 0.29) is 23.3 Å². The van der Waals surface area contributed by atoms with Crippen molar-refractivity contribution in [2.24, 2.45) is 0 Å². The zero-order chi connectivity index (χ0) is 25.4. The van der Waals surface area contributed by atoms with Crippen molar-refractivity contribution < 1.29 is 33.9 Å². The molecular weight excluding hydrogens is 434 g/mol. The van der Waals surface area contributed by atoms with Crippen molar-refractivity contribution in [3.05, 3.63) is 39.9 Å². The van der Waals surface area contributed by atoms with E-state index in [4.69, 9.17) is 14.6 Å². The van der Waals surface area contributed by atoms with Gasteiger partial charge in [-0.25, -0.2) is 14.4 Å². The summed E-state index contributed by atoms with van der Waals surface area (Å²) < 4.78 is 10.4. The normalized spacial score (nSPS) is 17.8. The number of nitro groups is 1. The zero-order valence-corrected chi connectivity index (χ0v) is 19.8. The monoisotopic (exact) mass is 467 g/mol. The first kappa shape index (κ1) is 27.7. The van der Waals surface area contributed by atoms with E-state index in [0.29, 0.717) is 6.42 Å². The van der Waals surface area contributed by atoms with E-state index in [0.717, 1.165) is 18.9 Å². The van der Waals surface area contributed by atoms with Gasteiger partial charge in [0.1, 0.15) is 16.8 Å². The number of nitro benzene ring substituents is 1. The molecule has 11 heteroatoms. The third-order valence-electron chi connectivity index (χ3n) is 4.21. The highest BCUT2D eigenvalue weighted by Crippen LogP contribution is 2.21. The highest BCUT2D eigenvalue weighted by atomic mass is 16.6. The summed E-state index contributed by atoms with van der Waals surface area (Å²) >= 11 is 0. The largest absolute Gasteiger partial charge is 0.477 e. The van der Waals surface area contributed by atoms with Crippen molar-refractivity contribution in [2.45, 2.75) is 84.1 Å². The number of amides is 2. The lowest BCUT2D eigenvalue weighted by Crippen LogP contribution is -2.41. The van der Waals surface area contributed by atoms with Gasteiger partial charge in [-0.3, -0.25) is 10.1 Å². The molecule has 0 aliphatic heterocycles. The number of nitrogens with one attached hydrogen (secondary N) is 2. The number of nitrogens with zero attached hydrogens (tertiary/aromatic N) is 1. The molecule has 184 valence electrons. The Kier molecular flexibility index (Phi) is 9.63. The number of benzene rings is 1. The van der Waals surface area contributed by atoms with E-state index in [1.54, 1.807) is 0 Å². The van der Waals surface area contributed by atoms with Gasteiger partial charge < -0.3 is 25.2 Å². The maximum absolute atomic E-state index is 11.7. The predicted molar refractivity (Wildman–Crippen MR) is 120 cm³/mol. The molecule has 1 aliphatic rings. The average molecular weight is 468 g/mol. The van der Waals surface area contributed by atoms with Gasteiger partial charge in [-0.1, -0.05) is 12.1 Å². The molecule has 2 atom stereocenters. The van der Waals surface area contributed by atoms with Crippen LogP contribution in [0.25, 0.3) is 0 Å². The van der Waals surface area contributed by atoms with Crippen LogP contribution in [0.3, 0.4) is 0 Å². The second-order valence-electron chi connectivity index (χ2n) is 9.58. The Labute approximate surface area is 193 Å². The van der Waals surface area contributed by atoms with Gasteiger partial charge in [0.05, 0.1) is 4.92 Å². The van der Waals surface area contributed by atoms with Gasteiger partial charge in [0.2, 0.25) is 0 Å². The van der Waals surface area contributed by atoms with Crippen LogP contribution in [0.1, 0.15) is 71.2 Å². The predicted octanol–water partition coefficient (Wildman–Crippen LogP) is 4.25. The molecular formula is C22H33N3O8. The van der Waals surface area contributed by atoms with Crippen LogP contribution in [-0.2, 0) is 9.47 Å². The Balaban J connectivity index is 0.000000383. The van der Waals surface area contributed by atoms with Crippen LogP contribution in [0.4, 0.5) is 15.3 Å². The van der Waals surface area contributed by atoms with Gasteiger partial charge in [0.25, 0.3) is 5.69 Å². The van der Waals surface area contributed by atoms with Crippen molar-refractivity contribution in [3.8, 4) is 0 Å². The quantitative estimate of drug-likeness (QED) is 0.438.